The van der Waals surface area contributed by atoms with Crippen molar-refractivity contribution in [3.05, 3.63) is 59.7 Å². The maximum Gasteiger partial charge on any atom is 0.242 e. The van der Waals surface area contributed by atoms with E-state index >= 15 is 0 Å². The predicted molar refractivity (Wildman–Crippen MR) is 107 cm³/mol. The summed E-state index contributed by atoms with van der Waals surface area (Å²) in [5.74, 6) is -0.312. The fraction of sp³-hybridized carbons (Fsp3) is 0.286. The van der Waals surface area contributed by atoms with Crippen LogP contribution in [0.5, 0.6) is 5.75 Å². The van der Waals surface area contributed by atoms with Gasteiger partial charge in [-0.15, -0.1) is 0 Å². The highest BCUT2D eigenvalue weighted by atomic mass is 16.5. The van der Waals surface area contributed by atoms with Gasteiger partial charge in [0.1, 0.15) is 5.75 Å². The summed E-state index contributed by atoms with van der Waals surface area (Å²) in [4.78, 5) is 35.7. The van der Waals surface area contributed by atoms with Crippen LogP contribution in [0.25, 0.3) is 0 Å². The number of benzene rings is 2. The van der Waals surface area contributed by atoms with Crippen LogP contribution in [0.1, 0.15) is 30.9 Å². The van der Waals surface area contributed by atoms with Crippen molar-refractivity contribution in [2.24, 2.45) is 0 Å². The zero-order valence-electron chi connectivity index (χ0n) is 16.1. The van der Waals surface area contributed by atoms with Crippen molar-refractivity contribution in [3.8, 4) is 5.75 Å². The van der Waals surface area contributed by atoms with Gasteiger partial charge in [-0.3, -0.25) is 25.2 Å². The molecule has 0 aliphatic heterocycles. The highest BCUT2D eigenvalue weighted by Gasteiger charge is 2.10. The fourth-order valence-corrected chi connectivity index (χ4v) is 2.48. The number of carbonyl (C=O) groups is 3. The van der Waals surface area contributed by atoms with Gasteiger partial charge in [0, 0.05) is 18.5 Å². The Labute approximate surface area is 164 Å². The Bertz CT molecular complexity index is 819. The topological polar surface area (TPSA) is 96.5 Å². The number of hydrazine groups is 1. The maximum absolute atomic E-state index is 11.9. The summed E-state index contributed by atoms with van der Waals surface area (Å²) in [6.45, 7) is 4.39. The number of ether oxygens (including phenoxy) is 1. The smallest absolute Gasteiger partial charge is 0.242 e. The van der Waals surface area contributed by atoms with E-state index in [1.807, 2.05) is 38.1 Å². The molecule has 7 nitrogen and oxygen atoms in total. The Morgan fingerprint density at radius 2 is 1.50 bits per heavy atom. The van der Waals surface area contributed by atoms with Gasteiger partial charge in [0.2, 0.25) is 17.7 Å². The first-order chi connectivity index (χ1) is 13.5. The van der Waals surface area contributed by atoms with E-state index in [9.17, 15) is 14.4 Å². The van der Waals surface area contributed by atoms with Crippen LogP contribution in [-0.4, -0.2) is 24.3 Å². The van der Waals surface area contributed by atoms with E-state index in [-0.39, 0.29) is 31.1 Å². The Hall–Kier alpha value is -3.35. The standard InChI is InChI=1S/C21H25N3O4/c1-3-28-18-10-8-17(9-11-18)22-19(25)12-13-20(26)23-24-21(27)14-16-7-5-4-6-15(16)2/h4-11H,3,12-14H2,1-2H3,(H,22,25)(H,23,26)(H,24,27). The second kappa shape index (κ2) is 10.7. The van der Waals surface area contributed by atoms with Crippen LogP contribution in [0.4, 0.5) is 5.69 Å². The van der Waals surface area contributed by atoms with Crippen molar-refractivity contribution >= 4 is 23.4 Å². The highest BCUT2D eigenvalue weighted by Crippen LogP contribution is 2.15. The molecule has 2 aromatic rings. The summed E-state index contributed by atoms with van der Waals surface area (Å²) in [5, 5.41) is 2.71. The van der Waals surface area contributed by atoms with Crippen LogP contribution in [-0.2, 0) is 20.8 Å². The van der Waals surface area contributed by atoms with Gasteiger partial charge in [-0.05, 0) is 49.2 Å². The summed E-state index contributed by atoms with van der Waals surface area (Å²) in [6, 6.07) is 14.5. The molecule has 0 aliphatic carbocycles. The Morgan fingerprint density at radius 1 is 0.857 bits per heavy atom. The molecule has 0 fully saturated rings. The summed E-state index contributed by atoms with van der Waals surface area (Å²) < 4.78 is 5.33. The summed E-state index contributed by atoms with van der Waals surface area (Å²) in [6.07, 6.45) is 0.144. The van der Waals surface area contributed by atoms with E-state index in [4.69, 9.17) is 4.74 Å². The van der Waals surface area contributed by atoms with Crippen molar-refractivity contribution in [1.82, 2.24) is 10.9 Å². The van der Waals surface area contributed by atoms with Crippen LogP contribution < -0.4 is 20.9 Å². The Balaban J connectivity index is 1.68. The highest BCUT2D eigenvalue weighted by molar-refractivity contribution is 5.93. The molecular weight excluding hydrogens is 358 g/mol. The number of aryl methyl sites for hydroxylation is 1. The number of carbonyl (C=O) groups excluding carboxylic acids is 3. The molecule has 0 saturated heterocycles. The van der Waals surface area contributed by atoms with Gasteiger partial charge < -0.3 is 10.1 Å². The number of amides is 3. The largest absolute Gasteiger partial charge is 0.494 e. The van der Waals surface area contributed by atoms with Crippen molar-refractivity contribution in [2.45, 2.75) is 33.1 Å². The first-order valence-electron chi connectivity index (χ1n) is 9.13. The summed E-state index contributed by atoms with van der Waals surface area (Å²) >= 11 is 0. The molecule has 0 spiro atoms. The molecule has 0 unspecified atom stereocenters. The second-order valence-electron chi connectivity index (χ2n) is 6.21. The summed E-state index contributed by atoms with van der Waals surface area (Å²) in [7, 11) is 0. The molecule has 28 heavy (non-hydrogen) atoms. The van der Waals surface area contributed by atoms with Crippen LogP contribution >= 0.6 is 0 Å². The molecule has 0 atom stereocenters. The van der Waals surface area contributed by atoms with Crippen molar-refractivity contribution in [3.63, 3.8) is 0 Å². The molecule has 3 amide bonds. The average Bonchev–Trinajstić information content (AvgIpc) is 2.68. The van der Waals surface area contributed by atoms with Gasteiger partial charge in [-0.2, -0.15) is 0 Å². The lowest BCUT2D eigenvalue weighted by atomic mass is 10.1. The SMILES string of the molecule is CCOc1ccc(NC(=O)CCC(=O)NNC(=O)Cc2ccccc2C)cc1. The van der Waals surface area contributed by atoms with Crippen molar-refractivity contribution < 1.29 is 19.1 Å². The lowest BCUT2D eigenvalue weighted by molar-refractivity contribution is -0.129. The third-order valence-corrected chi connectivity index (χ3v) is 3.98. The number of hydrogen-bond donors (Lipinski definition) is 3. The second-order valence-corrected chi connectivity index (χ2v) is 6.21. The molecule has 0 aromatic heterocycles. The molecule has 148 valence electrons. The third-order valence-electron chi connectivity index (χ3n) is 3.98. The molecule has 0 bridgehead atoms. The van der Waals surface area contributed by atoms with Gasteiger partial charge in [-0.1, -0.05) is 24.3 Å². The number of nitrogens with one attached hydrogen (secondary N) is 3. The minimum atomic E-state index is -0.431. The molecule has 7 heteroatoms. The minimum absolute atomic E-state index is 0.00666. The van der Waals surface area contributed by atoms with Gasteiger partial charge in [0.05, 0.1) is 13.0 Å². The molecule has 2 aromatic carbocycles. The lowest BCUT2D eigenvalue weighted by Crippen LogP contribution is -2.42. The molecule has 2 rings (SSSR count). The van der Waals surface area contributed by atoms with Crippen molar-refractivity contribution in [2.75, 3.05) is 11.9 Å². The van der Waals surface area contributed by atoms with E-state index in [2.05, 4.69) is 16.2 Å². The average molecular weight is 383 g/mol. The van der Waals surface area contributed by atoms with Gasteiger partial charge in [-0.25, -0.2) is 0 Å². The van der Waals surface area contributed by atoms with Crippen LogP contribution in [0, 0.1) is 6.92 Å². The van der Waals surface area contributed by atoms with Gasteiger partial charge in [0.15, 0.2) is 0 Å². The van der Waals surface area contributed by atoms with Crippen LogP contribution in [0.3, 0.4) is 0 Å². The minimum Gasteiger partial charge on any atom is -0.494 e. The Morgan fingerprint density at radius 3 is 2.18 bits per heavy atom. The van der Waals surface area contributed by atoms with E-state index < -0.39 is 5.91 Å². The van der Waals surface area contributed by atoms with E-state index in [0.29, 0.717) is 12.3 Å². The first-order valence-corrected chi connectivity index (χ1v) is 9.13. The first kappa shape index (κ1) is 21.0. The monoisotopic (exact) mass is 383 g/mol. The van der Waals surface area contributed by atoms with Crippen molar-refractivity contribution in [1.29, 1.82) is 0 Å². The molecule has 0 heterocycles. The third kappa shape index (κ3) is 7.11. The number of anilines is 1. The van der Waals surface area contributed by atoms with E-state index in [1.165, 1.54) is 0 Å². The molecule has 0 aliphatic rings. The molecule has 0 radical (unpaired) electrons. The molecule has 0 saturated carbocycles. The lowest BCUT2D eigenvalue weighted by Gasteiger charge is -2.09. The maximum atomic E-state index is 11.9. The quantitative estimate of drug-likeness (QED) is 0.610. The predicted octanol–water partition coefficient (Wildman–Crippen LogP) is 2.50. The summed E-state index contributed by atoms with van der Waals surface area (Å²) in [5.41, 5.74) is 7.22. The van der Waals surface area contributed by atoms with E-state index in [0.717, 1.165) is 16.9 Å². The Kier molecular flexibility index (Phi) is 8.02. The van der Waals surface area contributed by atoms with Gasteiger partial charge in [0.25, 0.3) is 0 Å². The van der Waals surface area contributed by atoms with Crippen LogP contribution in [0.2, 0.25) is 0 Å². The van der Waals surface area contributed by atoms with Crippen LogP contribution in [0.15, 0.2) is 48.5 Å². The van der Waals surface area contributed by atoms with E-state index in [1.54, 1.807) is 24.3 Å². The normalized spacial score (nSPS) is 10.1. The fourth-order valence-electron chi connectivity index (χ4n) is 2.48. The number of hydrogen-bond acceptors (Lipinski definition) is 4. The zero-order chi connectivity index (χ0) is 20.4. The zero-order valence-corrected chi connectivity index (χ0v) is 16.1. The molecule has 3 N–H and O–H groups in total. The van der Waals surface area contributed by atoms with Gasteiger partial charge >= 0.3 is 0 Å². The molecular formula is C21H25N3O4. The number of rotatable bonds is 8.